The van der Waals surface area contributed by atoms with Crippen molar-refractivity contribution in [2.24, 2.45) is 0 Å². The molecule has 0 saturated carbocycles. The van der Waals surface area contributed by atoms with Crippen molar-refractivity contribution in [2.45, 2.75) is 31.8 Å². The van der Waals surface area contributed by atoms with Gasteiger partial charge in [0.1, 0.15) is 0 Å². The molecule has 1 aromatic heterocycles. The molecule has 128 valence electrons. The van der Waals surface area contributed by atoms with Gasteiger partial charge in [-0.15, -0.1) is 12.4 Å². The summed E-state index contributed by atoms with van der Waals surface area (Å²) in [6, 6.07) is 7.06. The maximum atomic E-state index is 12.3. The molecule has 0 aliphatic rings. The molecule has 0 radical (unpaired) electrons. The van der Waals surface area contributed by atoms with Crippen molar-refractivity contribution in [1.82, 2.24) is 19.8 Å². The minimum atomic E-state index is -3.43. The lowest BCUT2D eigenvalue weighted by Crippen LogP contribution is -2.24. The van der Waals surface area contributed by atoms with Crippen LogP contribution in [0.25, 0.3) is 0 Å². The molecule has 8 heteroatoms. The summed E-state index contributed by atoms with van der Waals surface area (Å²) in [6.45, 7) is 5.05. The molecule has 1 aromatic carbocycles. The molecular formula is C15H23ClN4O2S. The molecular weight excluding hydrogens is 336 g/mol. The third kappa shape index (κ3) is 4.32. The van der Waals surface area contributed by atoms with Crippen molar-refractivity contribution >= 4 is 22.4 Å². The molecule has 0 unspecified atom stereocenters. The quantitative estimate of drug-likeness (QED) is 0.827. The van der Waals surface area contributed by atoms with Crippen LogP contribution in [0.1, 0.15) is 22.5 Å². The lowest BCUT2D eigenvalue weighted by atomic mass is 10.2. The van der Waals surface area contributed by atoms with E-state index in [0.29, 0.717) is 18.0 Å². The summed E-state index contributed by atoms with van der Waals surface area (Å²) in [6.07, 6.45) is 0. The fraction of sp³-hybridized carbons (Fsp3) is 0.400. The third-order valence-corrected chi connectivity index (χ3v) is 5.54. The minimum Gasteiger partial charge on any atom is -0.308 e. The normalized spacial score (nSPS) is 11.5. The molecule has 23 heavy (non-hydrogen) atoms. The van der Waals surface area contributed by atoms with Gasteiger partial charge < -0.3 is 5.32 Å². The van der Waals surface area contributed by atoms with Crippen molar-refractivity contribution in [3.8, 4) is 0 Å². The first-order valence-electron chi connectivity index (χ1n) is 7.05. The molecule has 2 rings (SSSR count). The van der Waals surface area contributed by atoms with Crippen molar-refractivity contribution in [3.63, 3.8) is 0 Å². The van der Waals surface area contributed by atoms with Gasteiger partial charge in [-0.25, -0.2) is 12.7 Å². The van der Waals surface area contributed by atoms with E-state index in [9.17, 15) is 8.42 Å². The van der Waals surface area contributed by atoms with Gasteiger partial charge in [0.15, 0.2) is 0 Å². The average molecular weight is 359 g/mol. The SMILES string of the molecule is Cc1n[nH]c(C)c1CNCc1ccccc1S(=O)(=O)N(C)C.Cl. The van der Waals surface area contributed by atoms with E-state index in [1.54, 1.807) is 12.1 Å². The van der Waals surface area contributed by atoms with Gasteiger partial charge in [0.25, 0.3) is 0 Å². The van der Waals surface area contributed by atoms with Gasteiger partial charge in [0.2, 0.25) is 10.0 Å². The van der Waals surface area contributed by atoms with Crippen LogP contribution in [0.15, 0.2) is 29.2 Å². The number of benzene rings is 1. The highest BCUT2D eigenvalue weighted by Gasteiger charge is 2.20. The Morgan fingerprint density at radius 2 is 1.83 bits per heavy atom. The summed E-state index contributed by atoms with van der Waals surface area (Å²) in [7, 11) is -0.354. The van der Waals surface area contributed by atoms with E-state index in [4.69, 9.17) is 0 Å². The highest BCUT2D eigenvalue weighted by atomic mass is 35.5. The van der Waals surface area contributed by atoms with Gasteiger partial charge in [0.05, 0.1) is 10.6 Å². The van der Waals surface area contributed by atoms with Gasteiger partial charge in [-0.2, -0.15) is 5.10 Å². The molecule has 0 bridgehead atoms. The Kier molecular flexibility index (Phi) is 6.76. The molecule has 0 amide bonds. The Labute approximate surface area is 143 Å². The van der Waals surface area contributed by atoms with E-state index in [1.807, 2.05) is 26.0 Å². The van der Waals surface area contributed by atoms with Crippen LogP contribution in [0, 0.1) is 13.8 Å². The highest BCUT2D eigenvalue weighted by molar-refractivity contribution is 7.89. The molecule has 2 aromatic rings. The Morgan fingerprint density at radius 1 is 1.17 bits per heavy atom. The maximum absolute atomic E-state index is 12.3. The Morgan fingerprint density at radius 3 is 2.39 bits per heavy atom. The van der Waals surface area contributed by atoms with Gasteiger partial charge in [-0.3, -0.25) is 5.10 Å². The smallest absolute Gasteiger partial charge is 0.242 e. The maximum Gasteiger partial charge on any atom is 0.242 e. The molecule has 0 aliphatic heterocycles. The van der Waals surface area contributed by atoms with Crippen LogP contribution in [0.4, 0.5) is 0 Å². The molecule has 0 spiro atoms. The molecule has 6 nitrogen and oxygen atoms in total. The zero-order valence-electron chi connectivity index (χ0n) is 13.8. The van der Waals surface area contributed by atoms with Crippen LogP contribution in [-0.2, 0) is 23.1 Å². The topological polar surface area (TPSA) is 78.1 Å². The second kappa shape index (κ2) is 7.92. The third-order valence-electron chi connectivity index (χ3n) is 3.63. The summed E-state index contributed by atoms with van der Waals surface area (Å²) in [4.78, 5) is 0.341. The van der Waals surface area contributed by atoms with Crippen molar-refractivity contribution in [2.75, 3.05) is 14.1 Å². The van der Waals surface area contributed by atoms with E-state index in [2.05, 4.69) is 15.5 Å². The largest absolute Gasteiger partial charge is 0.308 e. The average Bonchev–Trinajstić information content (AvgIpc) is 2.79. The van der Waals surface area contributed by atoms with Crippen LogP contribution in [0.3, 0.4) is 0 Å². The number of halogens is 1. The van der Waals surface area contributed by atoms with E-state index in [1.165, 1.54) is 18.4 Å². The molecule has 0 aliphatic carbocycles. The van der Waals surface area contributed by atoms with E-state index in [-0.39, 0.29) is 12.4 Å². The van der Waals surface area contributed by atoms with E-state index in [0.717, 1.165) is 22.5 Å². The molecule has 0 atom stereocenters. The second-order valence-electron chi connectivity index (χ2n) is 5.41. The van der Waals surface area contributed by atoms with Gasteiger partial charge in [0, 0.05) is 38.4 Å². The van der Waals surface area contributed by atoms with E-state index < -0.39 is 10.0 Å². The number of rotatable bonds is 6. The first-order valence-corrected chi connectivity index (χ1v) is 8.49. The van der Waals surface area contributed by atoms with Crippen molar-refractivity contribution < 1.29 is 8.42 Å². The number of nitrogens with one attached hydrogen (secondary N) is 2. The Bertz CT molecular complexity index is 737. The summed E-state index contributed by atoms with van der Waals surface area (Å²) in [5.41, 5.74) is 3.86. The standard InChI is InChI=1S/C15H22N4O2S.ClH/c1-11-14(12(2)18-17-11)10-16-9-13-7-5-6-8-15(13)22(20,21)19(3)4;/h5-8,16H,9-10H2,1-4H3,(H,17,18);1H. The van der Waals surface area contributed by atoms with Crippen LogP contribution < -0.4 is 5.32 Å². The van der Waals surface area contributed by atoms with Gasteiger partial charge in [-0.05, 0) is 25.5 Å². The Balaban J connectivity index is 0.00000264. The number of hydrogen-bond acceptors (Lipinski definition) is 4. The van der Waals surface area contributed by atoms with Crippen LogP contribution in [0.2, 0.25) is 0 Å². The zero-order valence-corrected chi connectivity index (χ0v) is 15.4. The first-order chi connectivity index (χ1) is 10.3. The molecule has 2 N–H and O–H groups in total. The van der Waals surface area contributed by atoms with Crippen LogP contribution in [-0.4, -0.2) is 37.0 Å². The number of aromatic amines is 1. The zero-order chi connectivity index (χ0) is 16.3. The highest BCUT2D eigenvalue weighted by Crippen LogP contribution is 2.18. The molecule has 0 fully saturated rings. The van der Waals surface area contributed by atoms with E-state index >= 15 is 0 Å². The number of H-pyrrole nitrogens is 1. The van der Waals surface area contributed by atoms with Crippen LogP contribution in [0.5, 0.6) is 0 Å². The fourth-order valence-electron chi connectivity index (χ4n) is 2.25. The van der Waals surface area contributed by atoms with Gasteiger partial charge in [-0.1, -0.05) is 18.2 Å². The monoisotopic (exact) mass is 358 g/mol. The summed E-state index contributed by atoms with van der Waals surface area (Å²) >= 11 is 0. The predicted molar refractivity (Wildman–Crippen MR) is 93.2 cm³/mol. The Hall–Kier alpha value is -1.41. The number of aromatic nitrogens is 2. The lowest BCUT2D eigenvalue weighted by Gasteiger charge is -2.15. The lowest BCUT2D eigenvalue weighted by molar-refractivity contribution is 0.518. The second-order valence-corrected chi connectivity index (χ2v) is 7.53. The van der Waals surface area contributed by atoms with Crippen LogP contribution >= 0.6 is 12.4 Å². The fourth-order valence-corrected chi connectivity index (χ4v) is 3.37. The van der Waals surface area contributed by atoms with Crippen molar-refractivity contribution in [3.05, 3.63) is 46.8 Å². The summed E-state index contributed by atoms with van der Waals surface area (Å²) in [5, 5.41) is 10.4. The molecule has 0 saturated heterocycles. The summed E-state index contributed by atoms with van der Waals surface area (Å²) < 4.78 is 25.9. The number of nitrogens with zero attached hydrogens (tertiary/aromatic N) is 2. The molecule has 1 heterocycles. The predicted octanol–water partition coefficient (Wildman–Crippen LogP) is 1.99. The minimum absolute atomic E-state index is 0. The number of aryl methyl sites for hydroxylation is 2. The number of hydrogen-bond donors (Lipinski definition) is 2. The summed E-state index contributed by atoms with van der Waals surface area (Å²) in [5.74, 6) is 0. The van der Waals surface area contributed by atoms with Crippen molar-refractivity contribution in [1.29, 1.82) is 0 Å². The first kappa shape index (κ1) is 19.6. The van der Waals surface area contributed by atoms with Gasteiger partial charge >= 0.3 is 0 Å². The number of sulfonamides is 1.